The first-order chi connectivity index (χ1) is 14.9. The molecule has 1 atom stereocenters. The zero-order valence-electron chi connectivity index (χ0n) is 16.9. The second-order valence-corrected chi connectivity index (χ2v) is 7.02. The molecule has 0 saturated carbocycles. The number of hydrogen-bond donors (Lipinski definition) is 4. The molecule has 0 fully saturated rings. The summed E-state index contributed by atoms with van der Waals surface area (Å²) in [6.45, 7) is 0.416. The largest absolute Gasteiger partial charge is 0.480 e. The van der Waals surface area contributed by atoms with Crippen molar-refractivity contribution in [1.82, 2.24) is 5.32 Å². The standard InChI is InChI=1S/C24H24N4O3/c25-21(23(30)31)14-16-10-12-18(13-11-16)22(29)28-24(26)27-15-19-8-4-5-9-20(19)17-6-2-1-3-7-17/h1-13,21H,14-15,25H2,(H,30,31)(H3,26,27,28,29)/t21-/m0/s1. The predicted octanol–water partition coefficient (Wildman–Crippen LogP) is 2.55. The molecular formula is C24H24N4O3. The lowest BCUT2D eigenvalue weighted by molar-refractivity contribution is -0.138. The van der Waals surface area contributed by atoms with Gasteiger partial charge in [-0.2, -0.15) is 4.99 Å². The van der Waals surface area contributed by atoms with Gasteiger partial charge >= 0.3 is 5.97 Å². The van der Waals surface area contributed by atoms with Gasteiger partial charge in [0.15, 0.2) is 5.96 Å². The van der Waals surface area contributed by atoms with Gasteiger partial charge in [0.1, 0.15) is 6.04 Å². The quantitative estimate of drug-likeness (QED) is 0.346. The van der Waals surface area contributed by atoms with Crippen LogP contribution in [0.3, 0.4) is 0 Å². The topological polar surface area (TPSA) is 131 Å². The minimum absolute atomic E-state index is 0.0184. The van der Waals surface area contributed by atoms with Gasteiger partial charge in [0, 0.05) is 12.1 Å². The van der Waals surface area contributed by atoms with Crippen LogP contribution in [0.15, 0.2) is 83.9 Å². The maximum Gasteiger partial charge on any atom is 0.320 e. The molecule has 3 rings (SSSR count). The molecule has 1 amide bonds. The Morgan fingerprint density at radius 3 is 2.26 bits per heavy atom. The number of carbonyl (C=O) groups excluding carboxylic acids is 1. The average Bonchev–Trinajstić information content (AvgIpc) is 2.79. The van der Waals surface area contributed by atoms with Crippen molar-refractivity contribution >= 4 is 17.8 Å². The Morgan fingerprint density at radius 1 is 0.935 bits per heavy atom. The second-order valence-electron chi connectivity index (χ2n) is 7.02. The number of nitrogens with two attached hydrogens (primary N) is 2. The number of carbonyl (C=O) groups is 2. The van der Waals surface area contributed by atoms with Crippen molar-refractivity contribution in [1.29, 1.82) is 0 Å². The number of rotatable bonds is 7. The Balaban J connectivity index is 1.64. The van der Waals surface area contributed by atoms with Gasteiger partial charge in [0.05, 0.1) is 0 Å². The Bertz CT molecular complexity index is 1080. The van der Waals surface area contributed by atoms with Crippen molar-refractivity contribution in [2.45, 2.75) is 19.0 Å². The van der Waals surface area contributed by atoms with Crippen LogP contribution < -0.4 is 16.8 Å². The molecule has 0 unspecified atom stereocenters. The molecule has 0 aliphatic carbocycles. The van der Waals surface area contributed by atoms with E-state index in [2.05, 4.69) is 10.3 Å². The summed E-state index contributed by atoms with van der Waals surface area (Å²) in [4.78, 5) is 27.1. The molecule has 0 aromatic heterocycles. The number of guanidine groups is 1. The number of aliphatic carboxylic acids is 1. The normalized spacial score (nSPS) is 12.2. The van der Waals surface area contributed by atoms with Gasteiger partial charge in [-0.3, -0.25) is 9.59 Å². The Kier molecular flexibility index (Phi) is 7.13. The van der Waals surface area contributed by atoms with Crippen LogP contribution in [0.4, 0.5) is 0 Å². The molecule has 0 aliphatic rings. The van der Waals surface area contributed by atoms with E-state index in [1.807, 2.05) is 54.6 Å². The van der Waals surface area contributed by atoms with Gasteiger partial charge in [-0.05, 0) is 40.8 Å². The second kappa shape index (κ2) is 10.2. The van der Waals surface area contributed by atoms with Crippen LogP contribution in [0, 0.1) is 0 Å². The monoisotopic (exact) mass is 416 g/mol. The molecule has 0 saturated heterocycles. The summed E-state index contributed by atoms with van der Waals surface area (Å²) < 4.78 is 0. The van der Waals surface area contributed by atoms with Crippen molar-refractivity contribution in [3.63, 3.8) is 0 Å². The van der Waals surface area contributed by atoms with E-state index in [1.165, 1.54) is 0 Å². The van der Waals surface area contributed by atoms with Crippen LogP contribution in [-0.4, -0.2) is 29.0 Å². The zero-order valence-corrected chi connectivity index (χ0v) is 16.9. The van der Waals surface area contributed by atoms with Crippen molar-refractivity contribution < 1.29 is 14.7 Å². The molecule has 0 heterocycles. The van der Waals surface area contributed by atoms with Crippen molar-refractivity contribution in [3.05, 3.63) is 95.6 Å². The molecule has 7 heteroatoms. The fourth-order valence-corrected chi connectivity index (χ4v) is 3.10. The van der Waals surface area contributed by atoms with E-state index < -0.39 is 17.9 Å². The third-order valence-electron chi connectivity index (χ3n) is 4.76. The highest BCUT2D eigenvalue weighted by atomic mass is 16.4. The first-order valence-electron chi connectivity index (χ1n) is 9.77. The number of nitrogens with one attached hydrogen (secondary N) is 1. The SMILES string of the molecule is NC(=NC(=O)c1ccc(C[C@H](N)C(=O)O)cc1)NCc1ccccc1-c1ccccc1. The molecule has 31 heavy (non-hydrogen) atoms. The van der Waals surface area contributed by atoms with Gasteiger partial charge in [-0.15, -0.1) is 0 Å². The summed E-state index contributed by atoms with van der Waals surface area (Å²) in [5.41, 5.74) is 15.7. The Morgan fingerprint density at radius 2 is 1.58 bits per heavy atom. The molecule has 7 nitrogen and oxygen atoms in total. The maximum atomic E-state index is 12.4. The number of hydrogen-bond acceptors (Lipinski definition) is 3. The Hall–Kier alpha value is -3.97. The number of nitrogens with zero attached hydrogens (tertiary/aromatic N) is 1. The molecule has 6 N–H and O–H groups in total. The fourth-order valence-electron chi connectivity index (χ4n) is 3.10. The van der Waals surface area contributed by atoms with Crippen LogP contribution in [0.5, 0.6) is 0 Å². The number of carboxylic acids is 1. The molecule has 158 valence electrons. The number of amides is 1. The molecular weight excluding hydrogens is 392 g/mol. The third kappa shape index (κ3) is 6.01. The summed E-state index contributed by atoms with van der Waals surface area (Å²) in [5, 5.41) is 11.9. The van der Waals surface area contributed by atoms with Gasteiger partial charge in [-0.1, -0.05) is 66.7 Å². The molecule has 0 bridgehead atoms. The highest BCUT2D eigenvalue weighted by molar-refractivity contribution is 6.02. The van der Waals surface area contributed by atoms with Crippen molar-refractivity contribution in [3.8, 4) is 11.1 Å². The summed E-state index contributed by atoms with van der Waals surface area (Å²) in [6, 6.07) is 23.4. The summed E-state index contributed by atoms with van der Waals surface area (Å²) >= 11 is 0. The van der Waals surface area contributed by atoms with Crippen molar-refractivity contribution in [2.24, 2.45) is 16.5 Å². The summed E-state index contributed by atoms with van der Waals surface area (Å²) in [6.07, 6.45) is 0.178. The maximum absolute atomic E-state index is 12.4. The molecule has 0 spiro atoms. The lowest BCUT2D eigenvalue weighted by atomic mass is 10.00. The highest BCUT2D eigenvalue weighted by Crippen LogP contribution is 2.23. The van der Waals surface area contributed by atoms with E-state index in [9.17, 15) is 9.59 Å². The number of aliphatic imine (C=N–C) groups is 1. The predicted molar refractivity (Wildman–Crippen MR) is 120 cm³/mol. The van der Waals surface area contributed by atoms with Gasteiger partial charge in [0.2, 0.25) is 0 Å². The van der Waals surface area contributed by atoms with Crippen LogP contribution in [0.25, 0.3) is 11.1 Å². The van der Waals surface area contributed by atoms with Gasteiger partial charge in [-0.25, -0.2) is 0 Å². The van der Waals surface area contributed by atoms with Crippen LogP contribution in [0.1, 0.15) is 21.5 Å². The van der Waals surface area contributed by atoms with Crippen LogP contribution >= 0.6 is 0 Å². The van der Waals surface area contributed by atoms with Crippen LogP contribution in [-0.2, 0) is 17.8 Å². The zero-order chi connectivity index (χ0) is 22.2. The number of benzene rings is 3. The minimum atomic E-state index is -1.07. The lowest BCUT2D eigenvalue weighted by Crippen LogP contribution is -2.32. The molecule has 0 radical (unpaired) electrons. The summed E-state index contributed by atoms with van der Waals surface area (Å²) in [5.74, 6) is -1.54. The van der Waals surface area contributed by atoms with E-state index in [0.29, 0.717) is 12.1 Å². The average molecular weight is 416 g/mol. The summed E-state index contributed by atoms with van der Waals surface area (Å²) in [7, 11) is 0. The van der Waals surface area contributed by atoms with E-state index >= 15 is 0 Å². The lowest BCUT2D eigenvalue weighted by Gasteiger charge is -2.11. The first-order valence-corrected chi connectivity index (χ1v) is 9.77. The molecule has 3 aromatic rings. The number of carboxylic acid groups (broad SMARTS) is 1. The van der Waals surface area contributed by atoms with E-state index in [4.69, 9.17) is 16.6 Å². The first kappa shape index (κ1) is 21.7. The van der Waals surface area contributed by atoms with Gasteiger partial charge < -0.3 is 21.9 Å². The smallest absolute Gasteiger partial charge is 0.320 e. The Labute approximate surface area is 180 Å². The minimum Gasteiger partial charge on any atom is -0.480 e. The van der Waals surface area contributed by atoms with E-state index in [1.54, 1.807) is 24.3 Å². The van der Waals surface area contributed by atoms with E-state index in [0.717, 1.165) is 22.3 Å². The molecule has 3 aromatic carbocycles. The van der Waals surface area contributed by atoms with E-state index in [-0.39, 0.29) is 12.4 Å². The van der Waals surface area contributed by atoms with Gasteiger partial charge in [0.25, 0.3) is 5.91 Å². The fraction of sp³-hybridized carbons (Fsp3) is 0.125. The highest BCUT2D eigenvalue weighted by Gasteiger charge is 2.13. The van der Waals surface area contributed by atoms with Crippen molar-refractivity contribution in [2.75, 3.05) is 0 Å². The van der Waals surface area contributed by atoms with Crippen LogP contribution in [0.2, 0.25) is 0 Å². The third-order valence-corrected chi connectivity index (χ3v) is 4.76. The molecule has 0 aliphatic heterocycles.